The molecule has 0 bridgehead atoms. The fourth-order valence-corrected chi connectivity index (χ4v) is 4.93. The fourth-order valence-electron chi connectivity index (χ4n) is 3.45. The molecule has 2 nitrogen and oxygen atoms in total. The summed E-state index contributed by atoms with van der Waals surface area (Å²) >= 11 is 7.13. The number of carbonyl (C=O) groups is 1. The zero-order chi connectivity index (χ0) is 13.8. The summed E-state index contributed by atoms with van der Waals surface area (Å²) in [5.74, 6) is 0.884. The zero-order valence-electron chi connectivity index (χ0n) is 11.6. The van der Waals surface area contributed by atoms with Crippen molar-refractivity contribution < 1.29 is 4.79 Å². The van der Waals surface area contributed by atoms with Crippen LogP contribution in [0.25, 0.3) is 0 Å². The molecule has 2 fully saturated rings. The second-order valence-corrected chi connectivity index (χ2v) is 11.1. The molecular weight excluding hydrogens is 358 g/mol. The Morgan fingerprint density at radius 2 is 1.78 bits per heavy atom. The van der Waals surface area contributed by atoms with Crippen molar-refractivity contribution in [1.82, 2.24) is 5.32 Å². The van der Waals surface area contributed by atoms with Gasteiger partial charge in [0.05, 0.1) is 8.65 Å². The standard InChI is InChI=1S/C14H23Br2NO/c1-9-5-10(7-12(2,3)6-9)17-11(18)13(4)8-14(13,15)16/h9-10H,5-8H2,1-4H3,(H,17,18)/t9-,10-,13-/m1/s1. The van der Waals surface area contributed by atoms with Crippen LogP contribution in [0.1, 0.15) is 53.4 Å². The number of hydrogen-bond donors (Lipinski definition) is 1. The number of rotatable bonds is 2. The summed E-state index contributed by atoms with van der Waals surface area (Å²) in [6, 6.07) is 0.337. The third kappa shape index (κ3) is 2.79. The predicted octanol–water partition coefficient (Wildman–Crippen LogP) is 4.21. The first-order chi connectivity index (χ1) is 8.06. The average Bonchev–Trinajstić information content (AvgIpc) is 2.63. The summed E-state index contributed by atoms with van der Waals surface area (Å²) in [6.07, 6.45) is 4.33. The van der Waals surface area contributed by atoms with E-state index in [0.717, 1.165) is 19.3 Å². The van der Waals surface area contributed by atoms with Gasteiger partial charge in [0.25, 0.3) is 0 Å². The Hall–Kier alpha value is 0.430. The van der Waals surface area contributed by atoms with Crippen LogP contribution >= 0.6 is 31.9 Å². The van der Waals surface area contributed by atoms with Crippen LogP contribution in [-0.2, 0) is 4.79 Å². The van der Waals surface area contributed by atoms with Crippen LogP contribution in [0.5, 0.6) is 0 Å². The van der Waals surface area contributed by atoms with Crippen LogP contribution in [0.2, 0.25) is 0 Å². The van der Waals surface area contributed by atoms with Gasteiger partial charge in [-0.1, -0.05) is 52.6 Å². The molecule has 0 saturated heterocycles. The van der Waals surface area contributed by atoms with Crippen molar-refractivity contribution in [2.24, 2.45) is 16.7 Å². The molecular formula is C14H23Br2NO. The zero-order valence-corrected chi connectivity index (χ0v) is 14.8. The highest BCUT2D eigenvalue weighted by Crippen LogP contribution is 2.66. The van der Waals surface area contributed by atoms with Crippen LogP contribution in [0.4, 0.5) is 0 Å². The van der Waals surface area contributed by atoms with E-state index in [1.165, 1.54) is 6.42 Å². The van der Waals surface area contributed by atoms with Gasteiger partial charge in [-0.25, -0.2) is 0 Å². The van der Waals surface area contributed by atoms with E-state index in [0.29, 0.717) is 17.4 Å². The van der Waals surface area contributed by atoms with Crippen LogP contribution < -0.4 is 5.32 Å². The number of halogens is 2. The number of carbonyl (C=O) groups excluding carboxylic acids is 1. The van der Waals surface area contributed by atoms with E-state index < -0.39 is 0 Å². The number of alkyl halides is 2. The average molecular weight is 381 g/mol. The predicted molar refractivity (Wildman–Crippen MR) is 82.0 cm³/mol. The lowest BCUT2D eigenvalue weighted by molar-refractivity contribution is -0.127. The van der Waals surface area contributed by atoms with E-state index >= 15 is 0 Å². The van der Waals surface area contributed by atoms with Crippen molar-refractivity contribution in [1.29, 1.82) is 0 Å². The smallest absolute Gasteiger partial charge is 0.228 e. The summed E-state index contributed by atoms with van der Waals surface area (Å²) in [5.41, 5.74) is 0.0534. The van der Waals surface area contributed by atoms with Gasteiger partial charge >= 0.3 is 0 Å². The highest BCUT2D eigenvalue weighted by Gasteiger charge is 2.66. The summed E-state index contributed by atoms with van der Waals surface area (Å²) in [4.78, 5) is 12.4. The van der Waals surface area contributed by atoms with E-state index in [4.69, 9.17) is 0 Å². The van der Waals surface area contributed by atoms with Gasteiger partial charge in [-0.3, -0.25) is 4.79 Å². The molecule has 3 atom stereocenters. The molecule has 1 amide bonds. The van der Waals surface area contributed by atoms with Crippen molar-refractivity contribution in [2.75, 3.05) is 0 Å². The number of hydrogen-bond acceptors (Lipinski definition) is 1. The van der Waals surface area contributed by atoms with Gasteiger partial charge in [0.1, 0.15) is 0 Å². The lowest BCUT2D eigenvalue weighted by atomic mass is 9.70. The molecule has 0 spiro atoms. The molecule has 104 valence electrons. The molecule has 2 aliphatic rings. The molecule has 0 aliphatic heterocycles. The third-order valence-corrected chi connectivity index (χ3v) is 6.79. The van der Waals surface area contributed by atoms with E-state index in [2.05, 4.69) is 57.9 Å². The summed E-state index contributed by atoms with van der Waals surface area (Å²) in [6.45, 7) is 8.92. The van der Waals surface area contributed by atoms with Crippen molar-refractivity contribution >= 4 is 37.8 Å². The lowest BCUT2D eigenvalue weighted by Crippen LogP contribution is -2.46. The first kappa shape index (κ1) is 14.8. The molecule has 1 N–H and O–H groups in total. The van der Waals surface area contributed by atoms with E-state index in [1.807, 2.05) is 6.92 Å². The monoisotopic (exact) mass is 379 g/mol. The first-order valence-electron chi connectivity index (χ1n) is 6.75. The second kappa shape index (κ2) is 4.47. The number of nitrogens with one attached hydrogen (secondary N) is 1. The largest absolute Gasteiger partial charge is 0.353 e. The number of amides is 1. The molecule has 0 aromatic carbocycles. The molecule has 0 heterocycles. The van der Waals surface area contributed by atoms with Crippen LogP contribution in [0.3, 0.4) is 0 Å². The van der Waals surface area contributed by atoms with Gasteiger partial charge in [0.15, 0.2) is 0 Å². The van der Waals surface area contributed by atoms with Gasteiger partial charge in [-0.15, -0.1) is 0 Å². The Bertz CT molecular complexity index is 367. The van der Waals surface area contributed by atoms with Gasteiger partial charge in [-0.2, -0.15) is 0 Å². The summed E-state index contributed by atoms with van der Waals surface area (Å²) in [5, 5.41) is 3.26. The molecule has 0 aromatic rings. The highest BCUT2D eigenvalue weighted by molar-refractivity contribution is 9.25. The Morgan fingerprint density at radius 3 is 2.22 bits per heavy atom. The van der Waals surface area contributed by atoms with Crippen molar-refractivity contribution in [3.63, 3.8) is 0 Å². The Labute approximate surface area is 127 Å². The molecule has 0 unspecified atom stereocenters. The lowest BCUT2D eigenvalue weighted by Gasteiger charge is -2.39. The second-order valence-electron chi connectivity index (χ2n) is 7.30. The molecule has 2 saturated carbocycles. The van der Waals surface area contributed by atoms with Crippen molar-refractivity contribution in [3.05, 3.63) is 0 Å². The van der Waals surface area contributed by atoms with E-state index in [9.17, 15) is 4.79 Å². The minimum atomic E-state index is -0.294. The van der Waals surface area contributed by atoms with Crippen molar-refractivity contribution in [3.8, 4) is 0 Å². The maximum atomic E-state index is 12.4. The normalized spacial score (nSPS) is 41.2. The van der Waals surface area contributed by atoms with Gasteiger partial charge in [-0.05, 0) is 43.9 Å². The summed E-state index contributed by atoms with van der Waals surface area (Å²) in [7, 11) is 0. The van der Waals surface area contributed by atoms with Crippen LogP contribution in [0, 0.1) is 16.7 Å². The fraction of sp³-hybridized carbons (Fsp3) is 0.929. The summed E-state index contributed by atoms with van der Waals surface area (Å²) < 4.78 is -0.188. The minimum absolute atomic E-state index is 0.186. The minimum Gasteiger partial charge on any atom is -0.353 e. The van der Waals surface area contributed by atoms with Gasteiger partial charge < -0.3 is 5.32 Å². The molecule has 0 aromatic heterocycles. The molecule has 18 heavy (non-hydrogen) atoms. The Morgan fingerprint density at radius 1 is 1.22 bits per heavy atom. The maximum Gasteiger partial charge on any atom is 0.228 e. The van der Waals surface area contributed by atoms with E-state index in [1.54, 1.807) is 0 Å². The van der Waals surface area contributed by atoms with Crippen LogP contribution in [0.15, 0.2) is 0 Å². The van der Waals surface area contributed by atoms with Gasteiger partial charge in [0.2, 0.25) is 5.91 Å². The van der Waals surface area contributed by atoms with Crippen molar-refractivity contribution in [2.45, 2.75) is 62.7 Å². The Kier molecular flexibility index (Phi) is 3.69. The highest BCUT2D eigenvalue weighted by atomic mass is 79.9. The molecule has 2 rings (SSSR count). The molecule has 0 radical (unpaired) electrons. The molecule has 2 aliphatic carbocycles. The van der Waals surface area contributed by atoms with E-state index in [-0.39, 0.29) is 14.6 Å². The third-order valence-electron chi connectivity index (χ3n) is 4.48. The maximum absolute atomic E-state index is 12.4. The topological polar surface area (TPSA) is 29.1 Å². The Balaban J connectivity index is 1.96. The SMILES string of the molecule is C[C@@H]1C[C@@H](NC(=O)[C@@]2(C)CC2(Br)Br)CC(C)(C)C1. The first-order valence-corrected chi connectivity index (χ1v) is 8.33. The van der Waals surface area contributed by atoms with Crippen LogP contribution in [-0.4, -0.2) is 15.2 Å². The molecule has 4 heteroatoms. The quantitative estimate of drug-likeness (QED) is 0.714. The van der Waals surface area contributed by atoms with Gasteiger partial charge in [0, 0.05) is 6.04 Å².